The van der Waals surface area contributed by atoms with Gasteiger partial charge in [0.2, 0.25) is 11.8 Å². The lowest BCUT2D eigenvalue weighted by atomic mass is 9.86. The predicted molar refractivity (Wildman–Crippen MR) is 78.8 cm³/mol. The van der Waals surface area contributed by atoms with Crippen LogP contribution in [0.2, 0.25) is 0 Å². The first kappa shape index (κ1) is 15.4. The molecule has 0 saturated heterocycles. The van der Waals surface area contributed by atoms with E-state index in [9.17, 15) is 13.6 Å². The van der Waals surface area contributed by atoms with Gasteiger partial charge in [-0.25, -0.2) is 13.8 Å². The van der Waals surface area contributed by atoms with Crippen LogP contribution < -0.4 is 5.32 Å². The highest BCUT2D eigenvalue weighted by Crippen LogP contribution is 2.35. The molecule has 3 rings (SSSR count). The molecule has 4 nitrogen and oxygen atoms in total. The topological polar surface area (TPSA) is 57.8 Å². The Hall–Kier alpha value is -1.46. The maximum Gasteiger partial charge on any atom is 0.248 e. The van der Waals surface area contributed by atoms with Crippen LogP contribution >= 0.6 is 0 Å². The number of imidazole rings is 1. The number of nitrogens with zero attached hydrogens (tertiary/aromatic N) is 1. The molecule has 2 N–H and O–H groups in total. The first-order chi connectivity index (χ1) is 10.4. The van der Waals surface area contributed by atoms with Gasteiger partial charge in [0.15, 0.2) is 0 Å². The van der Waals surface area contributed by atoms with Crippen molar-refractivity contribution in [2.75, 3.05) is 6.54 Å². The molecule has 1 unspecified atom stereocenters. The summed E-state index contributed by atoms with van der Waals surface area (Å²) < 4.78 is 26.2. The zero-order valence-electron chi connectivity index (χ0n) is 12.9. The molecule has 0 aliphatic heterocycles. The third kappa shape index (κ3) is 3.47. The maximum absolute atomic E-state index is 13.1. The summed E-state index contributed by atoms with van der Waals surface area (Å²) in [7, 11) is 0. The highest BCUT2D eigenvalue weighted by Gasteiger charge is 2.35. The summed E-state index contributed by atoms with van der Waals surface area (Å²) in [6.07, 6.45) is 3.25. The van der Waals surface area contributed by atoms with Crippen molar-refractivity contribution in [2.45, 2.75) is 57.8 Å². The summed E-state index contributed by atoms with van der Waals surface area (Å²) in [5, 5.41) is 2.97. The molecule has 1 saturated carbocycles. The zero-order valence-corrected chi connectivity index (χ0v) is 12.9. The van der Waals surface area contributed by atoms with Gasteiger partial charge in [-0.2, -0.15) is 0 Å². The van der Waals surface area contributed by atoms with Crippen LogP contribution in [-0.4, -0.2) is 28.3 Å². The standard InChI is InChI=1S/C16H23F2N3O/c1-10-20-13-3-2-12(8-14(13)21-10)15(22)19-9-11-4-6-16(17,18)7-5-11/h11-12H,2-9H2,1H3,(H,19,22)(H,20,21). The minimum atomic E-state index is -2.50. The van der Waals surface area contributed by atoms with Crippen molar-refractivity contribution >= 4 is 5.91 Å². The number of hydrogen-bond donors (Lipinski definition) is 2. The highest BCUT2D eigenvalue weighted by atomic mass is 19.3. The number of carbonyl (C=O) groups is 1. The quantitative estimate of drug-likeness (QED) is 0.902. The van der Waals surface area contributed by atoms with Crippen LogP contribution in [0.4, 0.5) is 8.78 Å². The van der Waals surface area contributed by atoms with E-state index in [1.54, 1.807) is 0 Å². The van der Waals surface area contributed by atoms with Gasteiger partial charge >= 0.3 is 0 Å². The number of nitrogens with one attached hydrogen (secondary N) is 2. The van der Waals surface area contributed by atoms with Gasteiger partial charge in [-0.15, -0.1) is 0 Å². The fourth-order valence-electron chi connectivity index (χ4n) is 3.54. The Kier molecular flexibility index (Phi) is 4.19. The van der Waals surface area contributed by atoms with E-state index in [-0.39, 0.29) is 30.6 Å². The second kappa shape index (κ2) is 5.97. The molecule has 1 heterocycles. The molecule has 0 radical (unpaired) electrons. The lowest BCUT2D eigenvalue weighted by Crippen LogP contribution is -2.38. The number of rotatable bonds is 3. The average Bonchev–Trinajstić information content (AvgIpc) is 2.84. The molecule has 0 bridgehead atoms. The zero-order chi connectivity index (χ0) is 15.7. The van der Waals surface area contributed by atoms with E-state index in [1.807, 2.05) is 6.92 Å². The van der Waals surface area contributed by atoms with Gasteiger partial charge in [-0.05, 0) is 38.5 Å². The van der Waals surface area contributed by atoms with Gasteiger partial charge in [0, 0.05) is 37.4 Å². The van der Waals surface area contributed by atoms with E-state index in [4.69, 9.17) is 0 Å². The molecule has 1 aromatic rings. The van der Waals surface area contributed by atoms with Crippen LogP contribution in [0.3, 0.4) is 0 Å². The molecule has 1 atom stereocenters. The summed E-state index contributed by atoms with van der Waals surface area (Å²) in [4.78, 5) is 19.9. The number of carbonyl (C=O) groups excluding carboxylic acids is 1. The highest BCUT2D eigenvalue weighted by molar-refractivity contribution is 5.79. The fraction of sp³-hybridized carbons (Fsp3) is 0.750. The van der Waals surface area contributed by atoms with E-state index < -0.39 is 5.92 Å². The number of H-pyrrole nitrogens is 1. The van der Waals surface area contributed by atoms with Gasteiger partial charge in [0.25, 0.3) is 0 Å². The van der Waals surface area contributed by atoms with Gasteiger partial charge in [-0.1, -0.05) is 0 Å². The Morgan fingerprint density at radius 3 is 2.82 bits per heavy atom. The Morgan fingerprint density at radius 2 is 2.09 bits per heavy atom. The summed E-state index contributed by atoms with van der Waals surface area (Å²) in [5.41, 5.74) is 2.15. The maximum atomic E-state index is 13.1. The van der Waals surface area contributed by atoms with Crippen molar-refractivity contribution < 1.29 is 13.6 Å². The van der Waals surface area contributed by atoms with Crippen LogP contribution in [0.15, 0.2) is 0 Å². The number of amides is 1. The third-order valence-corrected chi connectivity index (χ3v) is 4.94. The predicted octanol–water partition coefficient (Wildman–Crippen LogP) is 2.76. The lowest BCUT2D eigenvalue weighted by Gasteiger charge is -2.29. The van der Waals surface area contributed by atoms with E-state index in [2.05, 4.69) is 15.3 Å². The minimum absolute atomic E-state index is 0.0302. The molecule has 122 valence electrons. The van der Waals surface area contributed by atoms with E-state index >= 15 is 0 Å². The molecule has 1 fully saturated rings. The third-order valence-electron chi connectivity index (χ3n) is 4.94. The Bertz CT molecular complexity index is 546. The van der Waals surface area contributed by atoms with Crippen molar-refractivity contribution in [3.63, 3.8) is 0 Å². The molecule has 22 heavy (non-hydrogen) atoms. The van der Waals surface area contributed by atoms with E-state index in [0.29, 0.717) is 25.8 Å². The summed E-state index contributed by atoms with van der Waals surface area (Å²) in [5.74, 6) is -1.39. The number of halogens is 2. The monoisotopic (exact) mass is 311 g/mol. The Labute approximate surface area is 129 Å². The Balaban J connectivity index is 1.47. The first-order valence-corrected chi connectivity index (χ1v) is 8.13. The van der Waals surface area contributed by atoms with Crippen molar-refractivity contribution in [3.8, 4) is 0 Å². The van der Waals surface area contributed by atoms with Gasteiger partial charge in [-0.3, -0.25) is 4.79 Å². The molecule has 2 aliphatic carbocycles. The fourth-order valence-corrected chi connectivity index (χ4v) is 3.54. The van der Waals surface area contributed by atoms with E-state index in [0.717, 1.165) is 30.1 Å². The molecule has 1 aromatic heterocycles. The molecule has 0 aromatic carbocycles. The Morgan fingerprint density at radius 1 is 1.36 bits per heavy atom. The number of alkyl halides is 2. The SMILES string of the molecule is Cc1nc2c([nH]1)CC(C(=O)NCC1CCC(F)(F)CC1)CC2. The van der Waals surface area contributed by atoms with Crippen molar-refractivity contribution in [1.82, 2.24) is 15.3 Å². The summed E-state index contributed by atoms with van der Waals surface area (Å²) in [6.45, 7) is 2.45. The van der Waals surface area contributed by atoms with Crippen LogP contribution in [0, 0.1) is 18.8 Å². The smallest absolute Gasteiger partial charge is 0.248 e. The molecule has 2 aliphatic rings. The first-order valence-electron chi connectivity index (χ1n) is 8.13. The van der Waals surface area contributed by atoms with Crippen LogP contribution in [0.1, 0.15) is 49.3 Å². The number of hydrogen-bond acceptors (Lipinski definition) is 2. The van der Waals surface area contributed by atoms with Crippen LogP contribution in [-0.2, 0) is 17.6 Å². The van der Waals surface area contributed by atoms with Gasteiger partial charge in [0.1, 0.15) is 5.82 Å². The lowest BCUT2D eigenvalue weighted by molar-refractivity contribution is -0.125. The number of aromatic amines is 1. The summed E-state index contributed by atoms with van der Waals surface area (Å²) >= 11 is 0. The number of fused-ring (bicyclic) bond motifs is 1. The van der Waals surface area contributed by atoms with E-state index in [1.165, 1.54) is 0 Å². The number of aryl methyl sites for hydroxylation is 2. The largest absolute Gasteiger partial charge is 0.356 e. The average molecular weight is 311 g/mol. The van der Waals surface area contributed by atoms with Crippen LogP contribution in [0.5, 0.6) is 0 Å². The number of aromatic nitrogens is 2. The molecule has 0 spiro atoms. The van der Waals surface area contributed by atoms with Crippen molar-refractivity contribution in [2.24, 2.45) is 11.8 Å². The minimum Gasteiger partial charge on any atom is -0.356 e. The molecule has 1 amide bonds. The second-order valence-corrected chi connectivity index (χ2v) is 6.73. The molecule has 6 heteroatoms. The summed E-state index contributed by atoms with van der Waals surface area (Å²) in [6, 6.07) is 0. The van der Waals surface area contributed by atoms with Gasteiger partial charge < -0.3 is 10.3 Å². The normalized spacial score (nSPS) is 24.8. The molecular formula is C16H23F2N3O. The van der Waals surface area contributed by atoms with Crippen molar-refractivity contribution in [3.05, 3.63) is 17.2 Å². The van der Waals surface area contributed by atoms with Gasteiger partial charge in [0.05, 0.1) is 5.69 Å². The second-order valence-electron chi connectivity index (χ2n) is 6.73. The van der Waals surface area contributed by atoms with Crippen LogP contribution in [0.25, 0.3) is 0 Å². The van der Waals surface area contributed by atoms with Crippen molar-refractivity contribution in [1.29, 1.82) is 0 Å². The molecular weight excluding hydrogens is 288 g/mol.